The second kappa shape index (κ2) is 9.40. The van der Waals surface area contributed by atoms with Crippen LogP contribution in [0.15, 0.2) is 60.7 Å². The van der Waals surface area contributed by atoms with Gasteiger partial charge in [0.05, 0.1) is 23.2 Å². The molecule has 0 aromatic heterocycles. The third-order valence-corrected chi connectivity index (χ3v) is 5.59. The number of likely N-dealkylation sites (tertiary alicyclic amines) is 1. The zero-order valence-electron chi connectivity index (χ0n) is 17.9. The van der Waals surface area contributed by atoms with Crippen LogP contribution in [0.5, 0.6) is 5.75 Å². The van der Waals surface area contributed by atoms with Gasteiger partial charge in [-0.15, -0.1) is 6.58 Å². The molecule has 1 atom stereocenters. The molecule has 0 radical (unpaired) electrons. The standard InChI is InChI=1S/C25H26ClNO4/c1-5-13-27-22(17-9-7-16(8-10-17)15(3)4)21(24(29)25(27)30)23(28)18-11-12-20(31-6-2)19(26)14-18/h5,7-12,14-15,22,28H,1,6,13H2,2-4H3/b23-21+. The van der Waals surface area contributed by atoms with E-state index >= 15 is 0 Å². The Kier molecular flexibility index (Phi) is 6.86. The number of ketones is 1. The van der Waals surface area contributed by atoms with Crippen molar-refractivity contribution in [1.82, 2.24) is 4.90 Å². The van der Waals surface area contributed by atoms with E-state index in [9.17, 15) is 14.7 Å². The summed E-state index contributed by atoms with van der Waals surface area (Å²) in [5.74, 6) is -0.847. The number of carbonyl (C=O) groups is 2. The summed E-state index contributed by atoms with van der Waals surface area (Å²) in [6.45, 7) is 10.4. The lowest BCUT2D eigenvalue weighted by molar-refractivity contribution is -0.139. The van der Waals surface area contributed by atoms with E-state index in [2.05, 4.69) is 20.4 Å². The zero-order valence-corrected chi connectivity index (χ0v) is 18.6. The summed E-state index contributed by atoms with van der Waals surface area (Å²) in [5.41, 5.74) is 2.25. The number of benzene rings is 2. The number of halogens is 1. The van der Waals surface area contributed by atoms with Crippen molar-refractivity contribution in [3.05, 3.63) is 82.4 Å². The van der Waals surface area contributed by atoms with Crippen LogP contribution in [0.25, 0.3) is 5.76 Å². The average molecular weight is 440 g/mol. The van der Waals surface area contributed by atoms with Crippen molar-refractivity contribution < 1.29 is 19.4 Å². The molecule has 0 saturated carbocycles. The predicted molar refractivity (Wildman–Crippen MR) is 122 cm³/mol. The molecule has 2 aromatic carbocycles. The van der Waals surface area contributed by atoms with E-state index in [1.165, 1.54) is 11.0 Å². The maximum atomic E-state index is 12.9. The van der Waals surface area contributed by atoms with Gasteiger partial charge >= 0.3 is 0 Å². The van der Waals surface area contributed by atoms with Gasteiger partial charge in [0.15, 0.2) is 0 Å². The van der Waals surface area contributed by atoms with Crippen LogP contribution in [0, 0.1) is 0 Å². The molecule has 1 N–H and O–H groups in total. The highest BCUT2D eigenvalue weighted by molar-refractivity contribution is 6.46. The topological polar surface area (TPSA) is 66.8 Å². The molecule has 5 nitrogen and oxygen atoms in total. The first-order chi connectivity index (χ1) is 14.8. The van der Waals surface area contributed by atoms with Crippen LogP contribution in [0.4, 0.5) is 0 Å². The normalized spacial score (nSPS) is 18.0. The second-order valence-corrected chi connectivity index (χ2v) is 8.05. The molecule has 1 saturated heterocycles. The number of hydrogen-bond acceptors (Lipinski definition) is 4. The van der Waals surface area contributed by atoms with E-state index < -0.39 is 17.7 Å². The third-order valence-electron chi connectivity index (χ3n) is 5.29. The van der Waals surface area contributed by atoms with Crippen LogP contribution in [0.3, 0.4) is 0 Å². The molecule has 0 bridgehead atoms. The van der Waals surface area contributed by atoms with Gasteiger partial charge in [-0.1, -0.05) is 55.8 Å². The number of ether oxygens (including phenoxy) is 1. The number of nitrogens with zero attached hydrogens (tertiary/aromatic N) is 1. The first-order valence-electron chi connectivity index (χ1n) is 10.2. The summed E-state index contributed by atoms with van der Waals surface area (Å²) in [6.07, 6.45) is 1.56. The van der Waals surface area contributed by atoms with Gasteiger partial charge in [0, 0.05) is 12.1 Å². The first-order valence-corrected chi connectivity index (χ1v) is 10.6. The second-order valence-electron chi connectivity index (χ2n) is 7.64. The van der Waals surface area contributed by atoms with Crippen molar-refractivity contribution in [2.24, 2.45) is 0 Å². The number of rotatable bonds is 7. The molecule has 1 heterocycles. The molecular formula is C25H26ClNO4. The van der Waals surface area contributed by atoms with Crippen LogP contribution in [0.2, 0.25) is 5.02 Å². The van der Waals surface area contributed by atoms with Crippen molar-refractivity contribution in [2.45, 2.75) is 32.7 Å². The van der Waals surface area contributed by atoms with Gasteiger partial charge in [0.25, 0.3) is 11.7 Å². The van der Waals surface area contributed by atoms with E-state index in [1.54, 1.807) is 18.2 Å². The smallest absolute Gasteiger partial charge is 0.295 e. The summed E-state index contributed by atoms with van der Waals surface area (Å²) in [6, 6.07) is 11.8. The minimum atomic E-state index is -0.734. The Labute approximate surface area is 187 Å². The van der Waals surface area contributed by atoms with Crippen LogP contribution < -0.4 is 4.74 Å². The summed E-state index contributed by atoms with van der Waals surface area (Å²) in [7, 11) is 0. The van der Waals surface area contributed by atoms with Crippen LogP contribution in [-0.4, -0.2) is 34.8 Å². The zero-order chi connectivity index (χ0) is 22.7. The van der Waals surface area contributed by atoms with E-state index in [0.29, 0.717) is 28.9 Å². The number of Topliss-reactive ketones (excluding diaryl/α,β-unsaturated/α-hetero) is 1. The van der Waals surface area contributed by atoms with Crippen LogP contribution in [0.1, 0.15) is 49.4 Å². The van der Waals surface area contributed by atoms with E-state index in [1.807, 2.05) is 31.2 Å². The molecule has 1 unspecified atom stereocenters. The minimum Gasteiger partial charge on any atom is -0.507 e. The molecule has 0 spiro atoms. The van der Waals surface area contributed by atoms with E-state index in [4.69, 9.17) is 16.3 Å². The highest BCUT2D eigenvalue weighted by Gasteiger charge is 2.45. The van der Waals surface area contributed by atoms with Crippen molar-refractivity contribution in [3.63, 3.8) is 0 Å². The third kappa shape index (κ3) is 4.37. The highest BCUT2D eigenvalue weighted by Crippen LogP contribution is 2.40. The van der Waals surface area contributed by atoms with Gasteiger partial charge < -0.3 is 14.7 Å². The van der Waals surface area contributed by atoms with Crippen molar-refractivity contribution in [3.8, 4) is 5.75 Å². The molecular weight excluding hydrogens is 414 g/mol. The highest BCUT2D eigenvalue weighted by atomic mass is 35.5. The maximum absolute atomic E-state index is 12.9. The number of aliphatic hydroxyl groups excluding tert-OH is 1. The number of carbonyl (C=O) groups excluding carboxylic acids is 2. The Balaban J connectivity index is 2.14. The van der Waals surface area contributed by atoms with E-state index in [0.717, 1.165) is 11.1 Å². The Morgan fingerprint density at radius 3 is 2.45 bits per heavy atom. The van der Waals surface area contributed by atoms with Gasteiger partial charge in [0.1, 0.15) is 11.5 Å². The molecule has 162 valence electrons. The lowest BCUT2D eigenvalue weighted by Crippen LogP contribution is -2.29. The molecule has 31 heavy (non-hydrogen) atoms. The minimum absolute atomic E-state index is 0.0318. The monoisotopic (exact) mass is 439 g/mol. The van der Waals surface area contributed by atoms with Gasteiger partial charge in [-0.3, -0.25) is 9.59 Å². The van der Waals surface area contributed by atoms with Crippen molar-refractivity contribution in [2.75, 3.05) is 13.2 Å². The van der Waals surface area contributed by atoms with Gasteiger partial charge in [-0.25, -0.2) is 0 Å². The van der Waals surface area contributed by atoms with Gasteiger partial charge in [-0.2, -0.15) is 0 Å². The fraction of sp³-hybridized carbons (Fsp3) is 0.280. The summed E-state index contributed by atoms with van der Waals surface area (Å²) in [4.78, 5) is 27.1. The molecule has 0 aliphatic carbocycles. The van der Waals surface area contributed by atoms with Crippen LogP contribution >= 0.6 is 11.6 Å². The number of amides is 1. The summed E-state index contributed by atoms with van der Waals surface area (Å²) < 4.78 is 5.43. The fourth-order valence-electron chi connectivity index (χ4n) is 3.69. The van der Waals surface area contributed by atoms with Gasteiger partial charge in [0.2, 0.25) is 0 Å². The molecule has 1 fully saturated rings. The molecule has 1 aliphatic heterocycles. The van der Waals surface area contributed by atoms with Crippen molar-refractivity contribution >= 4 is 29.1 Å². The molecule has 1 amide bonds. The Morgan fingerprint density at radius 1 is 1.23 bits per heavy atom. The Bertz CT molecular complexity index is 1040. The van der Waals surface area contributed by atoms with E-state index in [-0.39, 0.29) is 17.9 Å². The van der Waals surface area contributed by atoms with Crippen molar-refractivity contribution in [1.29, 1.82) is 0 Å². The molecule has 2 aromatic rings. The van der Waals surface area contributed by atoms with Crippen LogP contribution in [-0.2, 0) is 9.59 Å². The Morgan fingerprint density at radius 2 is 1.90 bits per heavy atom. The Hall–Kier alpha value is -3.05. The fourth-order valence-corrected chi connectivity index (χ4v) is 3.93. The maximum Gasteiger partial charge on any atom is 0.295 e. The molecule has 3 rings (SSSR count). The average Bonchev–Trinajstić information content (AvgIpc) is 3.00. The first kappa shape index (κ1) is 22.6. The molecule has 6 heteroatoms. The van der Waals surface area contributed by atoms with Gasteiger partial charge in [-0.05, 0) is 42.2 Å². The lowest BCUT2D eigenvalue weighted by Gasteiger charge is -2.24. The SMILES string of the molecule is C=CCN1C(=O)C(=O)/C(=C(/O)c2ccc(OCC)c(Cl)c2)C1c1ccc(C(C)C)cc1. The number of aliphatic hydroxyl groups is 1. The predicted octanol–water partition coefficient (Wildman–Crippen LogP) is 5.47. The quantitative estimate of drug-likeness (QED) is 0.269. The summed E-state index contributed by atoms with van der Waals surface area (Å²) in [5, 5.41) is 11.4. The summed E-state index contributed by atoms with van der Waals surface area (Å²) >= 11 is 6.27. The lowest BCUT2D eigenvalue weighted by atomic mass is 9.93. The molecule has 1 aliphatic rings. The number of hydrogen-bond donors (Lipinski definition) is 1. The largest absolute Gasteiger partial charge is 0.507 e.